The lowest BCUT2D eigenvalue weighted by Gasteiger charge is -2.31. The second kappa shape index (κ2) is 5.89. The molecular weight excluding hydrogens is 271 g/mol. The lowest BCUT2D eigenvalue weighted by Crippen LogP contribution is -2.37. The SMILES string of the molecule is CCN(CC1CCC1)C(=O)c1cc(Cl)nc(Cl)c1. The minimum Gasteiger partial charge on any atom is -0.339 e. The number of carbonyl (C=O) groups is 1. The first-order valence-corrected chi connectivity index (χ1v) is 6.98. The molecule has 18 heavy (non-hydrogen) atoms. The standard InChI is InChI=1S/C13H16Cl2N2O/c1-2-17(8-9-4-3-5-9)13(18)10-6-11(14)16-12(15)7-10/h6-7,9H,2-5,8H2,1H3. The molecule has 0 bridgehead atoms. The van der Waals surface area contributed by atoms with Crippen molar-refractivity contribution in [3.63, 3.8) is 0 Å². The average Bonchev–Trinajstić information content (AvgIpc) is 2.26. The lowest BCUT2D eigenvalue weighted by atomic mass is 9.85. The molecule has 1 aliphatic rings. The predicted molar refractivity (Wildman–Crippen MR) is 73.2 cm³/mol. The number of pyridine rings is 1. The van der Waals surface area contributed by atoms with Gasteiger partial charge in [0.25, 0.3) is 5.91 Å². The zero-order valence-electron chi connectivity index (χ0n) is 10.3. The lowest BCUT2D eigenvalue weighted by molar-refractivity contribution is 0.0706. The van der Waals surface area contributed by atoms with E-state index in [1.165, 1.54) is 19.3 Å². The maximum absolute atomic E-state index is 12.3. The molecule has 0 radical (unpaired) electrons. The largest absolute Gasteiger partial charge is 0.339 e. The average molecular weight is 287 g/mol. The molecule has 0 atom stereocenters. The fourth-order valence-electron chi connectivity index (χ4n) is 2.11. The number of amides is 1. The molecule has 2 rings (SSSR count). The summed E-state index contributed by atoms with van der Waals surface area (Å²) in [7, 11) is 0. The first-order chi connectivity index (χ1) is 8.60. The second-order valence-electron chi connectivity index (χ2n) is 4.64. The van der Waals surface area contributed by atoms with Crippen LogP contribution in [0.4, 0.5) is 0 Å². The molecule has 3 nitrogen and oxygen atoms in total. The number of aromatic nitrogens is 1. The summed E-state index contributed by atoms with van der Waals surface area (Å²) in [6.45, 7) is 3.51. The topological polar surface area (TPSA) is 33.2 Å². The van der Waals surface area contributed by atoms with Crippen LogP contribution in [0.15, 0.2) is 12.1 Å². The van der Waals surface area contributed by atoms with E-state index in [9.17, 15) is 4.79 Å². The fraction of sp³-hybridized carbons (Fsp3) is 0.538. The Morgan fingerprint density at radius 2 is 2.00 bits per heavy atom. The molecule has 0 N–H and O–H groups in total. The molecule has 0 aliphatic heterocycles. The molecule has 0 unspecified atom stereocenters. The molecule has 1 aromatic rings. The Morgan fingerprint density at radius 3 is 2.44 bits per heavy atom. The van der Waals surface area contributed by atoms with E-state index in [0.717, 1.165) is 6.54 Å². The fourth-order valence-corrected chi connectivity index (χ4v) is 2.57. The molecule has 0 spiro atoms. The van der Waals surface area contributed by atoms with Gasteiger partial charge in [-0.05, 0) is 37.8 Å². The minimum absolute atomic E-state index is 0.0180. The van der Waals surface area contributed by atoms with Crippen LogP contribution in [0.5, 0.6) is 0 Å². The summed E-state index contributed by atoms with van der Waals surface area (Å²) in [5, 5.41) is 0.510. The maximum Gasteiger partial charge on any atom is 0.254 e. The van der Waals surface area contributed by atoms with Crippen LogP contribution in [-0.4, -0.2) is 28.9 Å². The molecule has 0 aromatic carbocycles. The molecule has 1 saturated carbocycles. The monoisotopic (exact) mass is 286 g/mol. The number of carbonyl (C=O) groups excluding carboxylic acids is 1. The van der Waals surface area contributed by atoms with Gasteiger partial charge in [-0.3, -0.25) is 4.79 Å². The van der Waals surface area contributed by atoms with Gasteiger partial charge in [0.15, 0.2) is 0 Å². The molecule has 1 aliphatic carbocycles. The summed E-state index contributed by atoms with van der Waals surface area (Å²) in [5.41, 5.74) is 0.515. The van der Waals surface area contributed by atoms with Gasteiger partial charge in [-0.1, -0.05) is 29.6 Å². The number of nitrogens with zero attached hydrogens (tertiary/aromatic N) is 2. The molecular formula is C13H16Cl2N2O. The van der Waals surface area contributed by atoms with E-state index in [2.05, 4.69) is 4.98 Å². The van der Waals surface area contributed by atoms with Crippen LogP contribution in [0.3, 0.4) is 0 Å². The third kappa shape index (κ3) is 3.15. The van der Waals surface area contributed by atoms with Gasteiger partial charge in [0.2, 0.25) is 0 Å². The zero-order chi connectivity index (χ0) is 13.1. The van der Waals surface area contributed by atoms with Crippen LogP contribution in [0, 0.1) is 5.92 Å². The van der Waals surface area contributed by atoms with Crippen molar-refractivity contribution in [1.29, 1.82) is 0 Å². The zero-order valence-corrected chi connectivity index (χ0v) is 11.8. The Labute approximate surface area is 117 Å². The molecule has 5 heteroatoms. The van der Waals surface area contributed by atoms with E-state index in [-0.39, 0.29) is 16.2 Å². The highest BCUT2D eigenvalue weighted by molar-refractivity contribution is 6.33. The Morgan fingerprint density at radius 1 is 1.39 bits per heavy atom. The summed E-state index contributed by atoms with van der Waals surface area (Å²) in [6, 6.07) is 3.14. The van der Waals surface area contributed by atoms with Crippen molar-refractivity contribution < 1.29 is 4.79 Å². The van der Waals surface area contributed by atoms with Gasteiger partial charge in [0.05, 0.1) is 0 Å². The van der Waals surface area contributed by atoms with E-state index in [1.807, 2.05) is 11.8 Å². The van der Waals surface area contributed by atoms with Crippen LogP contribution in [0.25, 0.3) is 0 Å². The Bertz CT molecular complexity index is 426. The molecule has 1 fully saturated rings. The van der Waals surface area contributed by atoms with Crippen LogP contribution in [0.2, 0.25) is 10.3 Å². The molecule has 1 heterocycles. The summed E-state index contributed by atoms with van der Waals surface area (Å²) >= 11 is 11.6. The highest BCUT2D eigenvalue weighted by atomic mass is 35.5. The van der Waals surface area contributed by atoms with E-state index in [4.69, 9.17) is 23.2 Å². The number of hydrogen-bond acceptors (Lipinski definition) is 2. The van der Waals surface area contributed by atoms with Gasteiger partial charge in [0.1, 0.15) is 10.3 Å². The Balaban J connectivity index is 2.11. The normalized spacial score (nSPS) is 15.3. The first kappa shape index (κ1) is 13.6. The Kier molecular flexibility index (Phi) is 4.46. The van der Waals surface area contributed by atoms with Crippen molar-refractivity contribution in [2.75, 3.05) is 13.1 Å². The van der Waals surface area contributed by atoms with E-state index >= 15 is 0 Å². The van der Waals surface area contributed by atoms with Crippen molar-refractivity contribution >= 4 is 29.1 Å². The van der Waals surface area contributed by atoms with E-state index in [1.54, 1.807) is 12.1 Å². The number of rotatable bonds is 4. The Hall–Kier alpha value is -0.800. The van der Waals surface area contributed by atoms with Crippen molar-refractivity contribution in [2.45, 2.75) is 26.2 Å². The van der Waals surface area contributed by atoms with Gasteiger partial charge >= 0.3 is 0 Å². The quantitative estimate of drug-likeness (QED) is 0.792. The smallest absolute Gasteiger partial charge is 0.254 e. The van der Waals surface area contributed by atoms with Crippen LogP contribution < -0.4 is 0 Å². The van der Waals surface area contributed by atoms with Gasteiger partial charge in [-0.15, -0.1) is 0 Å². The third-order valence-corrected chi connectivity index (χ3v) is 3.77. The summed E-state index contributed by atoms with van der Waals surface area (Å²) < 4.78 is 0. The summed E-state index contributed by atoms with van der Waals surface area (Å²) in [4.78, 5) is 18.0. The molecule has 1 amide bonds. The van der Waals surface area contributed by atoms with Gasteiger partial charge in [-0.2, -0.15) is 0 Å². The van der Waals surface area contributed by atoms with E-state index in [0.29, 0.717) is 18.0 Å². The van der Waals surface area contributed by atoms with E-state index < -0.39 is 0 Å². The highest BCUT2D eigenvalue weighted by Gasteiger charge is 2.23. The van der Waals surface area contributed by atoms with Crippen molar-refractivity contribution in [2.24, 2.45) is 5.92 Å². The highest BCUT2D eigenvalue weighted by Crippen LogP contribution is 2.27. The summed E-state index contributed by atoms with van der Waals surface area (Å²) in [6.07, 6.45) is 3.73. The number of halogens is 2. The van der Waals surface area contributed by atoms with Crippen molar-refractivity contribution in [3.05, 3.63) is 28.0 Å². The second-order valence-corrected chi connectivity index (χ2v) is 5.42. The van der Waals surface area contributed by atoms with Gasteiger partial charge in [-0.25, -0.2) is 4.98 Å². The molecule has 98 valence electrons. The van der Waals surface area contributed by atoms with Gasteiger partial charge < -0.3 is 4.90 Å². The van der Waals surface area contributed by atoms with Crippen LogP contribution >= 0.6 is 23.2 Å². The van der Waals surface area contributed by atoms with Crippen molar-refractivity contribution in [3.8, 4) is 0 Å². The third-order valence-electron chi connectivity index (χ3n) is 3.38. The molecule has 1 aromatic heterocycles. The first-order valence-electron chi connectivity index (χ1n) is 6.22. The van der Waals surface area contributed by atoms with Crippen molar-refractivity contribution in [1.82, 2.24) is 9.88 Å². The number of hydrogen-bond donors (Lipinski definition) is 0. The van der Waals surface area contributed by atoms with Gasteiger partial charge in [0, 0.05) is 18.7 Å². The van der Waals surface area contributed by atoms with Crippen LogP contribution in [-0.2, 0) is 0 Å². The predicted octanol–water partition coefficient (Wildman–Crippen LogP) is 3.65. The molecule has 0 saturated heterocycles. The minimum atomic E-state index is -0.0180. The summed E-state index contributed by atoms with van der Waals surface area (Å²) in [5.74, 6) is 0.636. The van der Waals surface area contributed by atoms with Crippen LogP contribution in [0.1, 0.15) is 36.5 Å². The maximum atomic E-state index is 12.3.